The highest BCUT2D eigenvalue weighted by Gasteiger charge is 2.35. The van der Waals surface area contributed by atoms with Crippen LogP contribution in [0.5, 0.6) is 0 Å². The fraction of sp³-hybridized carbons (Fsp3) is 0.200. The van der Waals surface area contributed by atoms with Crippen molar-refractivity contribution in [2.24, 2.45) is 5.10 Å². The summed E-state index contributed by atoms with van der Waals surface area (Å²) in [5, 5.41) is 17.2. The van der Waals surface area contributed by atoms with Gasteiger partial charge in [-0.3, -0.25) is 0 Å². The van der Waals surface area contributed by atoms with Crippen LogP contribution in [0.4, 0.5) is 9.59 Å². The van der Waals surface area contributed by atoms with Crippen LogP contribution in [-0.2, 0) is 17.8 Å². The number of aldehydes is 1. The van der Waals surface area contributed by atoms with Gasteiger partial charge < -0.3 is 9.90 Å². The molecule has 1 fully saturated rings. The molecule has 0 aliphatic carbocycles. The largest absolute Gasteiger partial charge is 0.464 e. The Morgan fingerprint density at radius 2 is 1.75 bits per heavy atom. The highest BCUT2D eigenvalue weighted by Crippen LogP contribution is 2.18. The number of amides is 3. The normalized spacial score (nSPS) is 13.9. The lowest BCUT2D eigenvalue weighted by atomic mass is 10.1. The minimum Gasteiger partial charge on any atom is -0.464 e. The Kier molecular flexibility index (Phi) is 6.01. The van der Waals surface area contributed by atoms with Gasteiger partial charge in [-0.25, -0.2) is 24.6 Å². The van der Waals surface area contributed by atoms with E-state index in [1.165, 1.54) is 5.01 Å². The van der Waals surface area contributed by atoms with Crippen LogP contribution in [0.15, 0.2) is 59.7 Å². The van der Waals surface area contributed by atoms with Crippen LogP contribution in [-0.4, -0.2) is 57.8 Å². The molecule has 1 aliphatic heterocycles. The second-order valence-electron chi connectivity index (χ2n) is 6.16. The van der Waals surface area contributed by atoms with Crippen LogP contribution in [0.3, 0.4) is 0 Å². The number of nitrogens with zero attached hydrogens (tertiary/aromatic N) is 4. The minimum absolute atomic E-state index is 0.0265. The van der Waals surface area contributed by atoms with E-state index in [0.29, 0.717) is 5.56 Å². The molecule has 3 amide bonds. The number of hydrazone groups is 1. The van der Waals surface area contributed by atoms with Crippen molar-refractivity contribution >= 4 is 24.6 Å². The molecule has 8 nitrogen and oxygen atoms in total. The smallest absolute Gasteiger partial charge is 0.426 e. The molecule has 1 aliphatic rings. The number of benzene rings is 2. The topological polar surface area (TPSA) is 93.5 Å². The molecule has 0 unspecified atom stereocenters. The fourth-order valence-corrected chi connectivity index (χ4v) is 2.94. The molecular formula is C20H20N4O4. The van der Waals surface area contributed by atoms with Gasteiger partial charge in [-0.15, -0.1) is 0 Å². The summed E-state index contributed by atoms with van der Waals surface area (Å²) in [7, 11) is 0. The third-order valence-electron chi connectivity index (χ3n) is 4.36. The number of rotatable bonds is 7. The van der Waals surface area contributed by atoms with Gasteiger partial charge in [-0.2, -0.15) is 5.10 Å². The van der Waals surface area contributed by atoms with Crippen LogP contribution >= 0.6 is 0 Å². The van der Waals surface area contributed by atoms with Gasteiger partial charge in [0.2, 0.25) is 0 Å². The summed E-state index contributed by atoms with van der Waals surface area (Å²) in [4.78, 5) is 35.3. The lowest BCUT2D eigenvalue weighted by Crippen LogP contribution is -2.47. The average Bonchev–Trinajstić information content (AvgIpc) is 3.06. The summed E-state index contributed by atoms with van der Waals surface area (Å²) in [6, 6.07) is 15.9. The van der Waals surface area contributed by atoms with Gasteiger partial charge in [0.15, 0.2) is 0 Å². The molecule has 0 saturated carbocycles. The standard InChI is InChI=1S/C20H20N4O4/c25-13-10-17-8-4-5-9-18(17)15-24(20(27)28)23-12-11-22(19(23)26)21-14-16-6-2-1-3-7-16/h1-9,13-14H,10-12,15H2,(H,27,28). The first-order valence-corrected chi connectivity index (χ1v) is 8.79. The Hall–Kier alpha value is -3.68. The van der Waals surface area contributed by atoms with E-state index < -0.39 is 12.1 Å². The second kappa shape index (κ2) is 8.81. The monoisotopic (exact) mass is 380 g/mol. The molecule has 144 valence electrons. The lowest BCUT2D eigenvalue weighted by molar-refractivity contribution is -0.107. The van der Waals surface area contributed by atoms with Crippen molar-refractivity contribution in [3.8, 4) is 0 Å². The number of urea groups is 1. The van der Waals surface area contributed by atoms with Gasteiger partial charge in [-0.1, -0.05) is 54.6 Å². The zero-order valence-corrected chi connectivity index (χ0v) is 15.1. The van der Waals surface area contributed by atoms with Gasteiger partial charge in [0.25, 0.3) is 0 Å². The number of carbonyl (C=O) groups is 3. The van der Waals surface area contributed by atoms with E-state index in [2.05, 4.69) is 5.10 Å². The third-order valence-corrected chi connectivity index (χ3v) is 4.36. The summed E-state index contributed by atoms with van der Waals surface area (Å²) in [5.74, 6) is 0. The van der Waals surface area contributed by atoms with Crippen LogP contribution < -0.4 is 0 Å². The van der Waals surface area contributed by atoms with E-state index in [1.54, 1.807) is 30.5 Å². The molecule has 8 heteroatoms. The molecule has 0 aromatic heterocycles. The van der Waals surface area contributed by atoms with E-state index >= 15 is 0 Å². The van der Waals surface area contributed by atoms with Crippen LogP contribution in [0.1, 0.15) is 16.7 Å². The molecule has 0 spiro atoms. The van der Waals surface area contributed by atoms with E-state index in [0.717, 1.165) is 27.4 Å². The zero-order chi connectivity index (χ0) is 19.9. The van der Waals surface area contributed by atoms with Crippen molar-refractivity contribution in [2.45, 2.75) is 13.0 Å². The van der Waals surface area contributed by atoms with Crippen LogP contribution in [0.2, 0.25) is 0 Å². The number of hydrogen-bond donors (Lipinski definition) is 1. The Balaban J connectivity index is 1.75. The van der Waals surface area contributed by atoms with Crippen molar-refractivity contribution in [3.63, 3.8) is 0 Å². The van der Waals surface area contributed by atoms with Crippen LogP contribution in [0.25, 0.3) is 0 Å². The molecular weight excluding hydrogens is 360 g/mol. The van der Waals surface area contributed by atoms with Gasteiger partial charge in [0.1, 0.15) is 6.29 Å². The Morgan fingerprint density at radius 1 is 1.07 bits per heavy atom. The van der Waals surface area contributed by atoms with Crippen molar-refractivity contribution in [3.05, 3.63) is 71.3 Å². The van der Waals surface area contributed by atoms with E-state index in [9.17, 15) is 19.5 Å². The van der Waals surface area contributed by atoms with Crippen molar-refractivity contribution in [1.82, 2.24) is 15.0 Å². The molecule has 1 N–H and O–H groups in total. The van der Waals surface area contributed by atoms with Gasteiger partial charge in [0, 0.05) is 6.42 Å². The maximum atomic E-state index is 12.7. The highest BCUT2D eigenvalue weighted by atomic mass is 16.4. The fourth-order valence-electron chi connectivity index (χ4n) is 2.94. The van der Waals surface area contributed by atoms with E-state index in [4.69, 9.17) is 0 Å². The van der Waals surface area contributed by atoms with E-state index in [-0.39, 0.29) is 26.1 Å². The molecule has 1 saturated heterocycles. The molecule has 0 bridgehead atoms. The lowest BCUT2D eigenvalue weighted by Gasteiger charge is -2.29. The SMILES string of the molecule is O=CCc1ccccc1CN(C(=O)O)N1CCN(N=Cc2ccccc2)C1=O. The maximum absolute atomic E-state index is 12.7. The quantitative estimate of drug-likeness (QED) is 0.590. The molecule has 0 atom stereocenters. The number of hydrazine groups is 1. The summed E-state index contributed by atoms with van der Waals surface area (Å²) >= 11 is 0. The zero-order valence-electron chi connectivity index (χ0n) is 15.1. The predicted molar refractivity (Wildman–Crippen MR) is 103 cm³/mol. The number of hydrogen-bond acceptors (Lipinski definition) is 4. The Morgan fingerprint density at radius 3 is 2.43 bits per heavy atom. The first-order chi connectivity index (χ1) is 13.6. The summed E-state index contributed by atoms with van der Waals surface area (Å²) in [6.07, 6.45) is 1.27. The predicted octanol–water partition coefficient (Wildman–Crippen LogP) is 2.59. The molecule has 1 heterocycles. The summed E-state index contributed by atoms with van der Waals surface area (Å²) in [5.41, 5.74) is 2.25. The Bertz CT molecular complexity index is 885. The average molecular weight is 380 g/mol. The first kappa shape index (κ1) is 19.1. The van der Waals surface area contributed by atoms with E-state index in [1.807, 2.05) is 30.3 Å². The molecule has 3 rings (SSSR count). The molecule has 2 aromatic rings. The number of carbonyl (C=O) groups excluding carboxylic acids is 2. The molecule has 28 heavy (non-hydrogen) atoms. The van der Waals surface area contributed by atoms with Gasteiger partial charge >= 0.3 is 12.1 Å². The van der Waals surface area contributed by atoms with Crippen molar-refractivity contribution in [1.29, 1.82) is 0 Å². The maximum Gasteiger partial charge on any atom is 0.426 e. The third kappa shape index (κ3) is 4.35. The van der Waals surface area contributed by atoms with Crippen molar-refractivity contribution in [2.75, 3.05) is 13.1 Å². The van der Waals surface area contributed by atoms with Gasteiger partial charge in [-0.05, 0) is 16.7 Å². The summed E-state index contributed by atoms with van der Waals surface area (Å²) < 4.78 is 0. The highest BCUT2D eigenvalue weighted by molar-refractivity contribution is 5.83. The molecule has 0 radical (unpaired) electrons. The minimum atomic E-state index is -1.25. The molecule has 2 aromatic carbocycles. The Labute approximate surface area is 162 Å². The first-order valence-electron chi connectivity index (χ1n) is 8.79. The van der Waals surface area contributed by atoms with Gasteiger partial charge in [0.05, 0.1) is 25.8 Å². The second-order valence-corrected chi connectivity index (χ2v) is 6.16. The van der Waals surface area contributed by atoms with Crippen molar-refractivity contribution < 1.29 is 19.5 Å². The number of carboxylic acid groups (broad SMARTS) is 1. The summed E-state index contributed by atoms with van der Waals surface area (Å²) in [6.45, 7) is 0.455. The van der Waals surface area contributed by atoms with Crippen LogP contribution in [0, 0.1) is 0 Å².